The van der Waals surface area contributed by atoms with Crippen LogP contribution in [0, 0.1) is 0 Å². The van der Waals surface area contributed by atoms with Gasteiger partial charge in [0.2, 0.25) is 0 Å². The van der Waals surface area contributed by atoms with Crippen LogP contribution < -0.4 is 10.8 Å². The number of likely N-dealkylation sites (N-methyl/N-ethyl adjacent to an activating group) is 2. The Morgan fingerprint density at radius 3 is 2.58 bits per heavy atom. The number of nitrogens with one attached hydrogen (secondary N) is 2. The predicted molar refractivity (Wildman–Crippen MR) is 100.0 cm³/mol. The fraction of sp³-hybridized carbons (Fsp3) is 0.263. The van der Waals surface area contributed by atoms with E-state index >= 15 is 0 Å². The second-order valence-corrected chi connectivity index (χ2v) is 6.24. The molecule has 0 aliphatic carbocycles. The van der Waals surface area contributed by atoms with Gasteiger partial charge in [0, 0.05) is 31.2 Å². The van der Waals surface area contributed by atoms with E-state index in [1.54, 1.807) is 25.2 Å². The lowest BCUT2D eigenvalue weighted by Crippen LogP contribution is -2.54. The molecule has 7 heteroatoms. The van der Waals surface area contributed by atoms with Crippen molar-refractivity contribution >= 4 is 11.6 Å². The summed E-state index contributed by atoms with van der Waals surface area (Å²) in [7, 11) is 3.43. The van der Waals surface area contributed by atoms with E-state index in [9.17, 15) is 4.79 Å². The molecule has 7 nitrogen and oxygen atoms in total. The number of fused-ring (bicyclic) bond motifs is 1. The molecule has 0 saturated carbocycles. The topological polar surface area (TPSA) is 81.9 Å². The van der Waals surface area contributed by atoms with E-state index in [2.05, 4.69) is 15.8 Å². The van der Waals surface area contributed by atoms with Gasteiger partial charge in [-0.15, -0.1) is 0 Å². The van der Waals surface area contributed by atoms with Crippen LogP contribution in [0.1, 0.15) is 17.3 Å². The summed E-state index contributed by atoms with van der Waals surface area (Å²) in [5.41, 5.74) is 5.71. The minimum absolute atomic E-state index is 0.108. The molecule has 3 rings (SSSR count). The van der Waals surface area contributed by atoms with Crippen molar-refractivity contribution < 1.29 is 10.0 Å². The molecule has 0 saturated heterocycles. The van der Waals surface area contributed by atoms with Crippen LogP contribution in [0.25, 0.3) is 16.8 Å². The number of carbonyl (C=O) groups is 1. The molecular formula is C19H23N5O2. The number of rotatable bonds is 6. The molecule has 0 spiro atoms. The molecular weight excluding hydrogens is 330 g/mol. The van der Waals surface area contributed by atoms with Crippen LogP contribution in [-0.4, -0.2) is 51.7 Å². The number of hydrogen-bond acceptors (Lipinski definition) is 5. The van der Waals surface area contributed by atoms with Gasteiger partial charge >= 0.3 is 0 Å². The molecule has 26 heavy (non-hydrogen) atoms. The maximum absolute atomic E-state index is 12.7. The summed E-state index contributed by atoms with van der Waals surface area (Å²) in [6.45, 7) is 1.86. The van der Waals surface area contributed by atoms with Crippen LogP contribution in [-0.2, 0) is 0 Å². The monoisotopic (exact) mass is 353 g/mol. The van der Waals surface area contributed by atoms with Gasteiger partial charge in [-0.25, -0.2) is 4.98 Å². The van der Waals surface area contributed by atoms with Crippen molar-refractivity contribution in [3.05, 3.63) is 60.6 Å². The number of imidazole rings is 1. The summed E-state index contributed by atoms with van der Waals surface area (Å²) in [5, 5.41) is 12.1. The summed E-state index contributed by atoms with van der Waals surface area (Å²) >= 11 is 0. The lowest BCUT2D eigenvalue weighted by Gasteiger charge is -2.31. The van der Waals surface area contributed by atoms with Crippen LogP contribution in [0.15, 0.2) is 55.0 Å². The van der Waals surface area contributed by atoms with E-state index in [4.69, 9.17) is 5.21 Å². The fourth-order valence-electron chi connectivity index (χ4n) is 2.92. The Kier molecular flexibility index (Phi) is 5.32. The molecule has 0 aliphatic heterocycles. The first-order chi connectivity index (χ1) is 12.5. The van der Waals surface area contributed by atoms with Gasteiger partial charge in [-0.05, 0) is 49.4 Å². The maximum atomic E-state index is 12.7. The third kappa shape index (κ3) is 3.45. The first-order valence-electron chi connectivity index (χ1n) is 8.42. The molecule has 2 aromatic heterocycles. The molecule has 3 aromatic rings. The number of hydrogen-bond donors (Lipinski definition) is 3. The zero-order chi connectivity index (χ0) is 18.7. The first kappa shape index (κ1) is 18.1. The molecule has 0 fully saturated rings. The van der Waals surface area contributed by atoms with Gasteiger partial charge < -0.3 is 19.8 Å². The maximum Gasteiger partial charge on any atom is 0.253 e. The SMILES string of the molecule is CNC(NO)C(C)N(C)C(=O)c1ccc(-c2ccn3ccnc3c2)cc1. The molecule has 2 heterocycles. The van der Waals surface area contributed by atoms with Crippen LogP contribution in [0.2, 0.25) is 0 Å². The van der Waals surface area contributed by atoms with Gasteiger partial charge in [0.1, 0.15) is 11.8 Å². The number of benzene rings is 1. The molecule has 0 aliphatic rings. The van der Waals surface area contributed by atoms with E-state index in [0.29, 0.717) is 5.56 Å². The highest BCUT2D eigenvalue weighted by Gasteiger charge is 2.23. The Balaban J connectivity index is 1.79. The number of aromatic nitrogens is 2. The third-order valence-corrected chi connectivity index (χ3v) is 4.73. The number of pyridine rings is 1. The van der Waals surface area contributed by atoms with E-state index in [1.165, 1.54) is 0 Å². The Morgan fingerprint density at radius 1 is 1.19 bits per heavy atom. The van der Waals surface area contributed by atoms with Crippen LogP contribution in [0.5, 0.6) is 0 Å². The molecule has 0 bridgehead atoms. The normalized spacial score (nSPS) is 13.5. The highest BCUT2D eigenvalue weighted by atomic mass is 16.5. The fourth-order valence-corrected chi connectivity index (χ4v) is 2.92. The van der Waals surface area contributed by atoms with Gasteiger partial charge in [-0.3, -0.25) is 4.79 Å². The number of nitrogens with zero attached hydrogens (tertiary/aromatic N) is 3. The quantitative estimate of drug-likeness (QED) is 0.466. The highest BCUT2D eigenvalue weighted by Crippen LogP contribution is 2.21. The lowest BCUT2D eigenvalue weighted by molar-refractivity contribution is 0.0493. The first-order valence-corrected chi connectivity index (χ1v) is 8.42. The van der Waals surface area contributed by atoms with Gasteiger partial charge in [-0.1, -0.05) is 12.1 Å². The van der Waals surface area contributed by atoms with Crippen molar-refractivity contribution in [3.63, 3.8) is 0 Å². The van der Waals surface area contributed by atoms with E-state index in [1.807, 2.05) is 60.1 Å². The van der Waals surface area contributed by atoms with Gasteiger partial charge in [0.15, 0.2) is 0 Å². The summed E-state index contributed by atoms with van der Waals surface area (Å²) in [6.07, 6.45) is 5.21. The Morgan fingerprint density at radius 2 is 1.92 bits per heavy atom. The molecule has 0 radical (unpaired) electrons. The summed E-state index contributed by atoms with van der Waals surface area (Å²) in [4.78, 5) is 18.6. The molecule has 136 valence electrons. The minimum Gasteiger partial charge on any atom is -0.336 e. The zero-order valence-corrected chi connectivity index (χ0v) is 15.0. The second kappa shape index (κ2) is 7.65. The van der Waals surface area contributed by atoms with Crippen molar-refractivity contribution in [3.8, 4) is 11.1 Å². The minimum atomic E-state index is -0.413. The highest BCUT2D eigenvalue weighted by molar-refractivity contribution is 5.94. The third-order valence-electron chi connectivity index (χ3n) is 4.73. The summed E-state index contributed by atoms with van der Waals surface area (Å²) in [5.74, 6) is -0.108. The predicted octanol–water partition coefficient (Wildman–Crippen LogP) is 1.99. The van der Waals surface area contributed by atoms with Crippen molar-refractivity contribution in [2.75, 3.05) is 14.1 Å². The Hall–Kier alpha value is -2.74. The average Bonchev–Trinajstić information content (AvgIpc) is 3.15. The Labute approximate surface area is 152 Å². The van der Waals surface area contributed by atoms with Crippen molar-refractivity contribution in [2.45, 2.75) is 19.1 Å². The smallest absolute Gasteiger partial charge is 0.253 e. The molecule has 2 atom stereocenters. The Bertz CT molecular complexity index is 886. The summed E-state index contributed by atoms with van der Waals surface area (Å²) in [6, 6.07) is 11.3. The van der Waals surface area contributed by atoms with E-state index < -0.39 is 6.17 Å². The number of carbonyl (C=O) groups excluding carboxylic acids is 1. The standard InChI is InChI=1S/C19H23N5O2/c1-13(18(20-2)22-26)23(3)19(25)15-6-4-14(5-7-15)16-8-10-24-11-9-21-17(24)12-16/h4-13,18,20,22,26H,1-3H3. The molecule has 2 unspecified atom stereocenters. The van der Waals surface area contributed by atoms with Gasteiger partial charge in [0.05, 0.1) is 6.04 Å². The summed E-state index contributed by atoms with van der Waals surface area (Å²) < 4.78 is 1.95. The van der Waals surface area contributed by atoms with Crippen molar-refractivity contribution in [2.24, 2.45) is 0 Å². The van der Waals surface area contributed by atoms with Crippen LogP contribution >= 0.6 is 0 Å². The number of hydroxylamine groups is 1. The largest absolute Gasteiger partial charge is 0.336 e. The molecule has 1 aromatic carbocycles. The lowest BCUT2D eigenvalue weighted by atomic mass is 10.0. The second-order valence-electron chi connectivity index (χ2n) is 6.24. The van der Waals surface area contributed by atoms with E-state index in [0.717, 1.165) is 16.8 Å². The van der Waals surface area contributed by atoms with Gasteiger partial charge in [-0.2, -0.15) is 5.48 Å². The zero-order valence-electron chi connectivity index (χ0n) is 15.0. The molecule has 3 N–H and O–H groups in total. The van der Waals surface area contributed by atoms with E-state index in [-0.39, 0.29) is 11.9 Å². The van der Waals surface area contributed by atoms with Crippen LogP contribution in [0.4, 0.5) is 0 Å². The van der Waals surface area contributed by atoms with Crippen molar-refractivity contribution in [1.82, 2.24) is 25.1 Å². The van der Waals surface area contributed by atoms with Gasteiger partial charge in [0.25, 0.3) is 5.91 Å². The molecule has 1 amide bonds. The van der Waals surface area contributed by atoms with Crippen LogP contribution in [0.3, 0.4) is 0 Å². The number of amides is 1. The average molecular weight is 353 g/mol. The van der Waals surface area contributed by atoms with Crippen molar-refractivity contribution in [1.29, 1.82) is 0 Å².